The minimum absolute atomic E-state index is 0.174. The number of aromatic carboxylic acids is 1. The van der Waals surface area contributed by atoms with Crippen molar-refractivity contribution in [2.24, 2.45) is 5.10 Å². The van der Waals surface area contributed by atoms with E-state index in [2.05, 4.69) is 10.5 Å². The van der Waals surface area contributed by atoms with Gasteiger partial charge in [-0.1, -0.05) is 24.3 Å². The van der Waals surface area contributed by atoms with E-state index < -0.39 is 5.97 Å². The molecule has 0 saturated heterocycles. The third-order valence-electron chi connectivity index (χ3n) is 2.76. The van der Waals surface area contributed by atoms with Gasteiger partial charge in [0.05, 0.1) is 24.1 Å². The maximum atomic E-state index is 11.1. The molecule has 2 N–H and O–H groups in total. The molecule has 0 radical (unpaired) electrons. The van der Waals surface area contributed by atoms with Crippen LogP contribution in [0.4, 0.5) is 5.69 Å². The Morgan fingerprint density at radius 1 is 1.24 bits per heavy atom. The van der Waals surface area contributed by atoms with E-state index in [1.165, 1.54) is 6.07 Å². The number of ether oxygens (including phenoxy) is 1. The van der Waals surface area contributed by atoms with Crippen molar-refractivity contribution in [1.29, 1.82) is 0 Å². The highest BCUT2D eigenvalue weighted by Crippen LogP contribution is 2.17. The van der Waals surface area contributed by atoms with E-state index in [0.717, 1.165) is 11.3 Å². The Labute approximate surface area is 122 Å². The van der Waals surface area contributed by atoms with Gasteiger partial charge in [0.25, 0.3) is 0 Å². The highest BCUT2D eigenvalue weighted by atomic mass is 16.5. The maximum Gasteiger partial charge on any atom is 0.337 e. The molecule has 0 bridgehead atoms. The molecule has 0 aliphatic carbocycles. The molecule has 2 rings (SSSR count). The molecule has 0 aliphatic heterocycles. The summed E-state index contributed by atoms with van der Waals surface area (Å²) in [6, 6.07) is 14.1. The molecule has 0 spiro atoms. The van der Waals surface area contributed by atoms with Crippen molar-refractivity contribution in [1.82, 2.24) is 0 Å². The minimum atomic E-state index is -0.997. The first kappa shape index (κ1) is 14.6. The van der Waals surface area contributed by atoms with Gasteiger partial charge in [0, 0.05) is 5.56 Å². The van der Waals surface area contributed by atoms with Crippen molar-refractivity contribution in [2.75, 3.05) is 12.0 Å². The normalized spacial score (nSPS) is 10.5. The van der Waals surface area contributed by atoms with Gasteiger partial charge in [0.2, 0.25) is 0 Å². The van der Waals surface area contributed by atoms with Gasteiger partial charge in [-0.25, -0.2) is 4.79 Å². The van der Waals surface area contributed by atoms with E-state index in [9.17, 15) is 4.79 Å². The lowest BCUT2D eigenvalue weighted by molar-refractivity contribution is 0.0698. The van der Waals surface area contributed by atoms with Crippen molar-refractivity contribution in [3.63, 3.8) is 0 Å². The molecule has 5 heteroatoms. The molecular weight excluding hydrogens is 268 g/mol. The fraction of sp³-hybridized carbons (Fsp3) is 0.125. The molecule has 0 amide bonds. The first-order valence-electron chi connectivity index (χ1n) is 6.55. The number of benzene rings is 2. The zero-order valence-electron chi connectivity index (χ0n) is 11.6. The van der Waals surface area contributed by atoms with Crippen LogP contribution in [0.15, 0.2) is 53.6 Å². The molecule has 0 saturated carbocycles. The highest BCUT2D eigenvalue weighted by Gasteiger charge is 2.07. The fourth-order valence-corrected chi connectivity index (χ4v) is 1.81. The standard InChI is InChI=1S/C16H16N2O3/c1-2-21-15-10-6-3-7-12(15)11-17-18-14-9-5-4-8-13(14)16(19)20/h3-11,18H,2H2,1H3,(H,19,20)/b17-11+. The van der Waals surface area contributed by atoms with Gasteiger partial charge < -0.3 is 9.84 Å². The molecule has 0 unspecified atom stereocenters. The molecule has 5 nitrogen and oxygen atoms in total. The number of carbonyl (C=O) groups is 1. The number of para-hydroxylation sites is 2. The molecule has 0 fully saturated rings. The highest BCUT2D eigenvalue weighted by molar-refractivity contribution is 5.94. The smallest absolute Gasteiger partial charge is 0.337 e. The summed E-state index contributed by atoms with van der Waals surface area (Å²) in [5, 5.41) is 13.2. The average molecular weight is 284 g/mol. The number of carboxylic acid groups (broad SMARTS) is 1. The summed E-state index contributed by atoms with van der Waals surface area (Å²) in [7, 11) is 0. The fourth-order valence-electron chi connectivity index (χ4n) is 1.81. The summed E-state index contributed by atoms with van der Waals surface area (Å²) in [6.07, 6.45) is 1.60. The van der Waals surface area contributed by atoms with Gasteiger partial charge in [0.1, 0.15) is 5.75 Å². The van der Waals surface area contributed by atoms with Crippen molar-refractivity contribution in [2.45, 2.75) is 6.92 Å². The number of hydrogen-bond acceptors (Lipinski definition) is 4. The zero-order chi connectivity index (χ0) is 15.1. The third-order valence-corrected chi connectivity index (χ3v) is 2.76. The SMILES string of the molecule is CCOc1ccccc1/C=N/Nc1ccccc1C(=O)O. The maximum absolute atomic E-state index is 11.1. The van der Waals surface area contributed by atoms with E-state index in [0.29, 0.717) is 12.3 Å². The topological polar surface area (TPSA) is 70.9 Å². The van der Waals surface area contributed by atoms with Gasteiger partial charge >= 0.3 is 5.97 Å². The van der Waals surface area contributed by atoms with Crippen molar-refractivity contribution in [3.8, 4) is 5.75 Å². The van der Waals surface area contributed by atoms with Crippen LogP contribution in [0, 0.1) is 0 Å². The second-order valence-electron chi connectivity index (χ2n) is 4.19. The summed E-state index contributed by atoms with van der Waals surface area (Å²) in [4.78, 5) is 11.1. The van der Waals surface area contributed by atoms with E-state index in [4.69, 9.17) is 9.84 Å². The van der Waals surface area contributed by atoms with Crippen LogP contribution in [0.5, 0.6) is 5.75 Å². The molecule has 0 aliphatic rings. The van der Waals surface area contributed by atoms with Crippen molar-refractivity contribution in [3.05, 3.63) is 59.7 Å². The lowest BCUT2D eigenvalue weighted by Crippen LogP contribution is -2.02. The number of rotatable bonds is 6. The van der Waals surface area contributed by atoms with Gasteiger partial charge in [0.15, 0.2) is 0 Å². The third kappa shape index (κ3) is 3.82. The van der Waals surface area contributed by atoms with Crippen LogP contribution < -0.4 is 10.2 Å². The summed E-state index contributed by atoms with van der Waals surface area (Å²) < 4.78 is 5.49. The second kappa shape index (κ2) is 7.09. The monoisotopic (exact) mass is 284 g/mol. The molecule has 2 aromatic carbocycles. The molecule has 108 valence electrons. The van der Waals surface area contributed by atoms with Crippen LogP contribution in [0.3, 0.4) is 0 Å². The number of anilines is 1. The Bertz CT molecular complexity index is 653. The van der Waals surface area contributed by atoms with Crippen LogP contribution in [-0.2, 0) is 0 Å². The predicted molar refractivity (Wildman–Crippen MR) is 82.2 cm³/mol. The van der Waals surface area contributed by atoms with Gasteiger partial charge in [-0.15, -0.1) is 0 Å². The Hall–Kier alpha value is -2.82. The largest absolute Gasteiger partial charge is 0.493 e. The summed E-state index contributed by atoms with van der Waals surface area (Å²) in [6.45, 7) is 2.48. The number of nitrogens with zero attached hydrogens (tertiary/aromatic N) is 1. The van der Waals surface area contributed by atoms with Crippen LogP contribution >= 0.6 is 0 Å². The molecule has 21 heavy (non-hydrogen) atoms. The van der Waals surface area contributed by atoms with Crippen LogP contribution in [0.25, 0.3) is 0 Å². The Kier molecular flexibility index (Phi) is 4.93. The summed E-state index contributed by atoms with van der Waals surface area (Å²) >= 11 is 0. The molecule has 2 aromatic rings. The first-order valence-corrected chi connectivity index (χ1v) is 6.55. The quantitative estimate of drug-likeness (QED) is 0.631. The Morgan fingerprint density at radius 2 is 1.95 bits per heavy atom. The first-order chi connectivity index (χ1) is 10.2. The number of nitrogens with one attached hydrogen (secondary N) is 1. The van der Waals surface area contributed by atoms with E-state index >= 15 is 0 Å². The minimum Gasteiger partial charge on any atom is -0.493 e. The Morgan fingerprint density at radius 3 is 2.71 bits per heavy atom. The van der Waals surface area contributed by atoms with E-state index in [1.54, 1.807) is 24.4 Å². The van der Waals surface area contributed by atoms with E-state index in [1.807, 2.05) is 31.2 Å². The number of carboxylic acids is 1. The Balaban J connectivity index is 2.15. The van der Waals surface area contributed by atoms with Gasteiger partial charge in [-0.2, -0.15) is 5.10 Å². The summed E-state index contributed by atoms with van der Waals surface area (Å²) in [5.41, 5.74) is 4.18. The van der Waals surface area contributed by atoms with Crippen LogP contribution in [0.1, 0.15) is 22.8 Å². The lowest BCUT2D eigenvalue weighted by Gasteiger charge is -2.07. The van der Waals surface area contributed by atoms with Gasteiger partial charge in [-0.05, 0) is 31.2 Å². The molecule has 0 aromatic heterocycles. The number of hydrazone groups is 1. The molecule has 0 heterocycles. The summed E-state index contributed by atoms with van der Waals surface area (Å²) in [5.74, 6) is -0.264. The second-order valence-corrected chi connectivity index (χ2v) is 4.19. The predicted octanol–water partition coefficient (Wildman–Crippen LogP) is 3.23. The van der Waals surface area contributed by atoms with Crippen molar-refractivity contribution < 1.29 is 14.6 Å². The van der Waals surface area contributed by atoms with Crippen LogP contribution in [-0.4, -0.2) is 23.9 Å². The molecular formula is C16H16N2O3. The molecule has 0 atom stereocenters. The van der Waals surface area contributed by atoms with E-state index in [-0.39, 0.29) is 5.56 Å². The number of hydrogen-bond donors (Lipinski definition) is 2. The zero-order valence-corrected chi connectivity index (χ0v) is 11.6. The lowest BCUT2D eigenvalue weighted by atomic mass is 10.2. The average Bonchev–Trinajstić information content (AvgIpc) is 2.49. The van der Waals surface area contributed by atoms with Crippen molar-refractivity contribution >= 4 is 17.9 Å². The van der Waals surface area contributed by atoms with Gasteiger partial charge in [-0.3, -0.25) is 5.43 Å². The van der Waals surface area contributed by atoms with Crippen LogP contribution in [0.2, 0.25) is 0 Å².